The molecule has 0 radical (unpaired) electrons. The maximum absolute atomic E-state index is 11.0. The van der Waals surface area contributed by atoms with E-state index in [-0.39, 0.29) is 11.4 Å². The summed E-state index contributed by atoms with van der Waals surface area (Å²) in [6, 6.07) is 5.78. The first kappa shape index (κ1) is 11.1. The molecule has 0 atom stereocenters. The van der Waals surface area contributed by atoms with Gasteiger partial charge in [-0.05, 0) is 19.1 Å². The molecule has 0 saturated carbocycles. The Morgan fingerprint density at radius 1 is 1.47 bits per heavy atom. The van der Waals surface area contributed by atoms with E-state index in [1.807, 2.05) is 6.92 Å². The lowest BCUT2D eigenvalue weighted by atomic mass is 10.2. The fraction of sp³-hybridized carbons (Fsp3) is 0.182. The number of aromatic nitrogens is 1. The molecule has 0 aliphatic rings. The molecule has 0 spiro atoms. The summed E-state index contributed by atoms with van der Waals surface area (Å²) in [5, 5.41) is 20.2. The van der Waals surface area contributed by atoms with Crippen LogP contribution >= 0.6 is 0 Å². The van der Waals surface area contributed by atoms with E-state index in [0.717, 1.165) is 0 Å². The molecular formula is C11H10N2O4. The van der Waals surface area contributed by atoms with E-state index in [1.165, 1.54) is 18.2 Å². The molecule has 0 aliphatic heterocycles. The lowest BCUT2D eigenvalue weighted by Crippen LogP contribution is -2.06. The number of nitro benzene ring substituents is 1. The third-order valence-corrected chi connectivity index (χ3v) is 2.63. The van der Waals surface area contributed by atoms with Crippen molar-refractivity contribution in [1.82, 2.24) is 4.57 Å². The molecule has 88 valence electrons. The van der Waals surface area contributed by atoms with Gasteiger partial charge in [0.2, 0.25) is 0 Å². The number of non-ortho nitro benzene ring substituents is 1. The first-order valence-corrected chi connectivity index (χ1v) is 5.05. The highest BCUT2D eigenvalue weighted by molar-refractivity contribution is 5.95. The normalized spacial score (nSPS) is 10.6. The quantitative estimate of drug-likeness (QED) is 0.652. The van der Waals surface area contributed by atoms with Crippen molar-refractivity contribution in [3.05, 3.63) is 40.1 Å². The van der Waals surface area contributed by atoms with Crippen molar-refractivity contribution in [3.63, 3.8) is 0 Å². The summed E-state index contributed by atoms with van der Waals surface area (Å²) in [4.78, 5) is 21.1. The largest absolute Gasteiger partial charge is 0.477 e. The van der Waals surface area contributed by atoms with Gasteiger partial charge in [0.25, 0.3) is 5.69 Å². The molecule has 6 nitrogen and oxygen atoms in total. The van der Waals surface area contributed by atoms with Crippen LogP contribution in [0.3, 0.4) is 0 Å². The first-order valence-electron chi connectivity index (χ1n) is 5.05. The Morgan fingerprint density at radius 2 is 2.18 bits per heavy atom. The van der Waals surface area contributed by atoms with Gasteiger partial charge in [0, 0.05) is 29.6 Å². The van der Waals surface area contributed by atoms with Crippen molar-refractivity contribution < 1.29 is 14.8 Å². The molecule has 2 rings (SSSR count). The smallest absolute Gasteiger partial charge is 0.352 e. The van der Waals surface area contributed by atoms with E-state index < -0.39 is 10.9 Å². The van der Waals surface area contributed by atoms with Crippen molar-refractivity contribution in [2.75, 3.05) is 0 Å². The van der Waals surface area contributed by atoms with Crippen LogP contribution in [0.5, 0.6) is 0 Å². The second-order valence-electron chi connectivity index (χ2n) is 3.58. The molecule has 0 unspecified atom stereocenters. The van der Waals surface area contributed by atoms with Gasteiger partial charge in [0.1, 0.15) is 5.69 Å². The molecule has 0 amide bonds. The number of benzene rings is 1. The molecule has 1 aromatic carbocycles. The summed E-state index contributed by atoms with van der Waals surface area (Å²) in [5.74, 6) is -1.04. The minimum absolute atomic E-state index is 0.0392. The summed E-state index contributed by atoms with van der Waals surface area (Å²) >= 11 is 0. The average molecular weight is 234 g/mol. The van der Waals surface area contributed by atoms with Crippen LogP contribution in [0.2, 0.25) is 0 Å². The van der Waals surface area contributed by atoms with E-state index >= 15 is 0 Å². The zero-order valence-corrected chi connectivity index (χ0v) is 9.08. The molecule has 0 fully saturated rings. The van der Waals surface area contributed by atoms with Crippen LogP contribution in [0.25, 0.3) is 10.9 Å². The maximum Gasteiger partial charge on any atom is 0.352 e. The number of hydrogen-bond donors (Lipinski definition) is 1. The van der Waals surface area contributed by atoms with E-state index in [9.17, 15) is 14.9 Å². The Labute approximate surface area is 96.2 Å². The van der Waals surface area contributed by atoms with Crippen LogP contribution in [-0.2, 0) is 6.54 Å². The van der Waals surface area contributed by atoms with Crippen molar-refractivity contribution in [3.8, 4) is 0 Å². The molecule has 0 saturated heterocycles. The van der Waals surface area contributed by atoms with E-state index in [4.69, 9.17) is 5.11 Å². The van der Waals surface area contributed by atoms with Crippen LogP contribution in [0.4, 0.5) is 5.69 Å². The molecule has 17 heavy (non-hydrogen) atoms. The van der Waals surface area contributed by atoms with Gasteiger partial charge in [-0.25, -0.2) is 4.79 Å². The van der Waals surface area contributed by atoms with Gasteiger partial charge in [0.15, 0.2) is 0 Å². The number of rotatable bonds is 3. The topological polar surface area (TPSA) is 85.4 Å². The highest BCUT2D eigenvalue weighted by atomic mass is 16.6. The summed E-state index contributed by atoms with van der Waals surface area (Å²) in [7, 11) is 0. The number of carboxylic acid groups (broad SMARTS) is 1. The van der Waals surface area contributed by atoms with Crippen molar-refractivity contribution in [2.24, 2.45) is 0 Å². The van der Waals surface area contributed by atoms with Gasteiger partial charge >= 0.3 is 5.97 Å². The SMILES string of the molecule is CCn1c(C(=O)O)cc2cc([N+](=O)[O-])ccc21. The number of hydrogen-bond acceptors (Lipinski definition) is 3. The van der Waals surface area contributed by atoms with E-state index in [2.05, 4.69) is 0 Å². The van der Waals surface area contributed by atoms with Crippen molar-refractivity contribution in [1.29, 1.82) is 0 Å². The van der Waals surface area contributed by atoms with Crippen LogP contribution in [0, 0.1) is 10.1 Å². The zero-order chi connectivity index (χ0) is 12.6. The van der Waals surface area contributed by atoms with Crippen LogP contribution in [0.1, 0.15) is 17.4 Å². The molecule has 6 heteroatoms. The molecule has 1 aromatic heterocycles. The number of carbonyl (C=O) groups is 1. The van der Waals surface area contributed by atoms with Gasteiger partial charge in [-0.15, -0.1) is 0 Å². The molecule has 0 bridgehead atoms. The number of nitrogens with zero attached hydrogens (tertiary/aromatic N) is 2. The summed E-state index contributed by atoms with van der Waals surface area (Å²) in [6.45, 7) is 2.33. The Kier molecular flexibility index (Phi) is 2.55. The van der Waals surface area contributed by atoms with Crippen LogP contribution in [-0.4, -0.2) is 20.6 Å². The first-order chi connectivity index (χ1) is 8.04. The second-order valence-corrected chi connectivity index (χ2v) is 3.58. The molecule has 2 aromatic rings. The van der Waals surface area contributed by atoms with Gasteiger partial charge in [-0.3, -0.25) is 10.1 Å². The fourth-order valence-corrected chi connectivity index (χ4v) is 1.89. The monoisotopic (exact) mass is 234 g/mol. The van der Waals surface area contributed by atoms with Crippen LogP contribution in [0.15, 0.2) is 24.3 Å². The third-order valence-electron chi connectivity index (χ3n) is 2.63. The van der Waals surface area contributed by atoms with Gasteiger partial charge in [0.05, 0.1) is 4.92 Å². The number of carboxylic acids is 1. The third kappa shape index (κ3) is 1.73. The van der Waals surface area contributed by atoms with Crippen molar-refractivity contribution in [2.45, 2.75) is 13.5 Å². The number of aryl methyl sites for hydroxylation is 1. The predicted molar refractivity (Wildman–Crippen MR) is 61.2 cm³/mol. The predicted octanol–water partition coefficient (Wildman–Crippen LogP) is 2.27. The maximum atomic E-state index is 11.0. The Morgan fingerprint density at radius 3 is 2.71 bits per heavy atom. The second kappa shape index (κ2) is 3.89. The average Bonchev–Trinajstić information content (AvgIpc) is 2.66. The van der Waals surface area contributed by atoms with Gasteiger partial charge in [-0.1, -0.05) is 0 Å². The lowest BCUT2D eigenvalue weighted by Gasteiger charge is -2.03. The molecular weight excluding hydrogens is 224 g/mol. The highest BCUT2D eigenvalue weighted by Gasteiger charge is 2.15. The fourth-order valence-electron chi connectivity index (χ4n) is 1.89. The Bertz CT molecular complexity index is 615. The van der Waals surface area contributed by atoms with Crippen molar-refractivity contribution >= 4 is 22.6 Å². The number of fused-ring (bicyclic) bond motifs is 1. The van der Waals surface area contributed by atoms with E-state index in [0.29, 0.717) is 17.4 Å². The Hall–Kier alpha value is -2.37. The lowest BCUT2D eigenvalue weighted by molar-refractivity contribution is -0.384. The summed E-state index contributed by atoms with van der Waals surface area (Å²) in [6.07, 6.45) is 0. The zero-order valence-electron chi connectivity index (χ0n) is 9.08. The minimum atomic E-state index is -1.04. The van der Waals surface area contributed by atoms with E-state index in [1.54, 1.807) is 10.6 Å². The minimum Gasteiger partial charge on any atom is -0.477 e. The molecule has 0 aliphatic carbocycles. The molecule has 1 N–H and O–H groups in total. The Balaban J connectivity index is 2.73. The number of nitro groups is 1. The summed E-state index contributed by atoms with van der Waals surface area (Å²) in [5.41, 5.74) is 0.793. The summed E-state index contributed by atoms with van der Waals surface area (Å²) < 4.78 is 1.61. The highest BCUT2D eigenvalue weighted by Crippen LogP contribution is 2.24. The van der Waals surface area contributed by atoms with Crippen LogP contribution < -0.4 is 0 Å². The standard InChI is InChI=1S/C11H10N2O4/c1-2-12-9-4-3-8(13(16)17)5-7(9)6-10(12)11(14)15/h3-6H,2H2,1H3,(H,14,15). The van der Waals surface area contributed by atoms with Gasteiger partial charge < -0.3 is 9.67 Å². The number of aromatic carboxylic acids is 1. The van der Waals surface area contributed by atoms with Gasteiger partial charge in [-0.2, -0.15) is 0 Å². The molecule has 1 heterocycles.